The maximum Gasteiger partial charge on any atom is 0.238 e. The van der Waals surface area contributed by atoms with E-state index in [1.165, 1.54) is 43.5 Å². The van der Waals surface area contributed by atoms with Gasteiger partial charge >= 0.3 is 0 Å². The minimum absolute atomic E-state index is 0.0689. The quantitative estimate of drug-likeness (QED) is 0.866. The Balaban J connectivity index is 2.09. The number of hydrogen-bond donors (Lipinski definition) is 2. The van der Waals surface area contributed by atoms with Crippen LogP contribution in [-0.4, -0.2) is 21.4 Å². The van der Waals surface area contributed by atoms with E-state index in [2.05, 4.69) is 5.32 Å². The molecule has 8 heteroatoms. The molecule has 0 aliphatic rings. The van der Waals surface area contributed by atoms with Crippen molar-refractivity contribution in [3.63, 3.8) is 0 Å². The lowest BCUT2D eigenvalue weighted by atomic mass is 10.1. The van der Waals surface area contributed by atoms with Crippen molar-refractivity contribution in [3.8, 4) is 5.75 Å². The molecule has 0 saturated heterocycles. The molecule has 3 N–H and O–H groups in total. The number of methoxy groups -OCH3 is 1. The third kappa shape index (κ3) is 4.51. The summed E-state index contributed by atoms with van der Waals surface area (Å²) in [5.41, 5.74) is 0.749. The van der Waals surface area contributed by atoms with E-state index in [-0.39, 0.29) is 22.8 Å². The highest BCUT2D eigenvalue weighted by atomic mass is 32.2. The van der Waals surface area contributed by atoms with Crippen LogP contribution < -0.4 is 15.2 Å². The normalized spacial score (nSPS) is 11.1. The highest BCUT2D eigenvalue weighted by Crippen LogP contribution is 2.19. The fraction of sp³-hybridized carbons (Fsp3) is 0.133. The number of halogens is 1. The Labute approximate surface area is 133 Å². The zero-order chi connectivity index (χ0) is 17.0. The molecule has 2 aromatic carbocycles. The van der Waals surface area contributed by atoms with Crippen molar-refractivity contribution in [2.24, 2.45) is 5.14 Å². The molecule has 0 saturated carbocycles. The summed E-state index contributed by atoms with van der Waals surface area (Å²) in [4.78, 5) is 11.9. The van der Waals surface area contributed by atoms with Crippen molar-refractivity contribution in [1.82, 2.24) is 0 Å². The molecule has 0 unspecified atom stereocenters. The Kier molecular flexibility index (Phi) is 4.97. The number of anilines is 1. The van der Waals surface area contributed by atoms with Crippen LogP contribution in [0.5, 0.6) is 5.75 Å². The van der Waals surface area contributed by atoms with Crippen molar-refractivity contribution in [2.45, 2.75) is 11.3 Å². The summed E-state index contributed by atoms with van der Waals surface area (Å²) in [5.74, 6) is -0.884. The SMILES string of the molecule is COc1ccc(CC(=O)Nc2cccc(S(N)(=O)=O)c2)cc1F. The number of amides is 1. The second kappa shape index (κ2) is 6.76. The molecule has 0 aliphatic carbocycles. The van der Waals surface area contributed by atoms with Gasteiger partial charge in [0.15, 0.2) is 11.6 Å². The predicted molar refractivity (Wildman–Crippen MR) is 83.1 cm³/mol. The summed E-state index contributed by atoms with van der Waals surface area (Å²) in [6.07, 6.45) is -0.0689. The number of ether oxygens (including phenoxy) is 1. The molecule has 0 aliphatic heterocycles. The minimum atomic E-state index is -3.85. The maximum absolute atomic E-state index is 13.6. The standard InChI is InChI=1S/C15H15FN2O4S/c1-22-14-6-5-10(7-13(14)16)8-15(19)18-11-3-2-4-12(9-11)23(17,20)21/h2-7,9H,8H2,1H3,(H,18,19)(H2,17,20,21). The lowest BCUT2D eigenvalue weighted by molar-refractivity contribution is -0.115. The Morgan fingerprint density at radius 2 is 2.00 bits per heavy atom. The largest absolute Gasteiger partial charge is 0.494 e. The van der Waals surface area contributed by atoms with Crippen LogP contribution in [0.1, 0.15) is 5.56 Å². The zero-order valence-electron chi connectivity index (χ0n) is 12.2. The van der Waals surface area contributed by atoms with Gasteiger partial charge in [-0.25, -0.2) is 17.9 Å². The fourth-order valence-corrected chi connectivity index (χ4v) is 2.52. The summed E-state index contributed by atoms with van der Waals surface area (Å²) in [5, 5.41) is 7.57. The van der Waals surface area contributed by atoms with E-state index in [0.717, 1.165) is 0 Å². The van der Waals surface area contributed by atoms with Crippen molar-refractivity contribution >= 4 is 21.6 Å². The summed E-state index contributed by atoms with van der Waals surface area (Å²) < 4.78 is 40.9. The number of carbonyl (C=O) groups is 1. The van der Waals surface area contributed by atoms with Gasteiger partial charge < -0.3 is 10.1 Å². The molecule has 0 spiro atoms. The van der Waals surface area contributed by atoms with Crippen LogP contribution in [0.3, 0.4) is 0 Å². The van der Waals surface area contributed by atoms with Gasteiger partial charge in [0.2, 0.25) is 15.9 Å². The Morgan fingerprint density at radius 3 is 2.61 bits per heavy atom. The number of carbonyl (C=O) groups excluding carboxylic acids is 1. The van der Waals surface area contributed by atoms with Crippen LogP contribution in [0.2, 0.25) is 0 Å². The smallest absolute Gasteiger partial charge is 0.238 e. The van der Waals surface area contributed by atoms with Crippen molar-refractivity contribution in [3.05, 3.63) is 53.8 Å². The number of rotatable bonds is 5. The van der Waals surface area contributed by atoms with Crippen LogP contribution in [0, 0.1) is 5.82 Å². The molecule has 2 aromatic rings. The molecule has 0 bridgehead atoms. The molecule has 2 rings (SSSR count). The van der Waals surface area contributed by atoms with E-state index in [4.69, 9.17) is 9.88 Å². The summed E-state index contributed by atoms with van der Waals surface area (Å²) >= 11 is 0. The van der Waals surface area contributed by atoms with E-state index in [1.54, 1.807) is 6.07 Å². The van der Waals surface area contributed by atoms with Gasteiger partial charge in [-0.3, -0.25) is 4.79 Å². The average molecular weight is 338 g/mol. The zero-order valence-corrected chi connectivity index (χ0v) is 13.1. The highest BCUT2D eigenvalue weighted by molar-refractivity contribution is 7.89. The van der Waals surface area contributed by atoms with E-state index in [9.17, 15) is 17.6 Å². The first-order valence-electron chi connectivity index (χ1n) is 6.55. The number of hydrogen-bond acceptors (Lipinski definition) is 4. The second-order valence-corrected chi connectivity index (χ2v) is 6.33. The number of nitrogens with one attached hydrogen (secondary N) is 1. The topological polar surface area (TPSA) is 98.5 Å². The molecule has 0 radical (unpaired) electrons. The molecule has 23 heavy (non-hydrogen) atoms. The first-order chi connectivity index (χ1) is 10.8. The Bertz CT molecular complexity index is 837. The number of benzene rings is 2. The fourth-order valence-electron chi connectivity index (χ4n) is 1.96. The van der Waals surface area contributed by atoms with Gasteiger partial charge in [0.25, 0.3) is 0 Å². The van der Waals surface area contributed by atoms with Crippen LogP contribution in [0.15, 0.2) is 47.4 Å². The van der Waals surface area contributed by atoms with E-state index in [1.807, 2.05) is 0 Å². The maximum atomic E-state index is 13.6. The minimum Gasteiger partial charge on any atom is -0.494 e. The third-order valence-corrected chi connectivity index (χ3v) is 3.94. The molecule has 0 aromatic heterocycles. The first-order valence-corrected chi connectivity index (χ1v) is 8.09. The van der Waals surface area contributed by atoms with Crippen LogP contribution in [0.4, 0.5) is 10.1 Å². The first kappa shape index (κ1) is 16.9. The van der Waals surface area contributed by atoms with Gasteiger partial charge in [-0.2, -0.15) is 0 Å². The number of nitrogens with two attached hydrogens (primary N) is 1. The van der Waals surface area contributed by atoms with Gasteiger partial charge in [0, 0.05) is 5.69 Å². The summed E-state index contributed by atoms with van der Waals surface area (Å²) in [6, 6.07) is 9.77. The average Bonchev–Trinajstić information content (AvgIpc) is 2.46. The second-order valence-electron chi connectivity index (χ2n) is 4.77. The molecule has 122 valence electrons. The van der Waals surface area contributed by atoms with E-state index < -0.39 is 21.7 Å². The molecule has 6 nitrogen and oxygen atoms in total. The molecular formula is C15H15FN2O4S. The predicted octanol–water partition coefficient (Wildman–Crippen LogP) is 1.66. The third-order valence-electron chi connectivity index (χ3n) is 3.03. The van der Waals surface area contributed by atoms with Gasteiger partial charge in [-0.1, -0.05) is 12.1 Å². The van der Waals surface area contributed by atoms with Crippen molar-refractivity contribution in [2.75, 3.05) is 12.4 Å². The lowest BCUT2D eigenvalue weighted by Gasteiger charge is -2.08. The molecule has 0 heterocycles. The molecular weight excluding hydrogens is 323 g/mol. The lowest BCUT2D eigenvalue weighted by Crippen LogP contribution is -2.16. The molecule has 0 atom stereocenters. The van der Waals surface area contributed by atoms with E-state index >= 15 is 0 Å². The monoisotopic (exact) mass is 338 g/mol. The number of primary sulfonamides is 1. The van der Waals surface area contributed by atoms with Gasteiger partial charge in [-0.05, 0) is 35.9 Å². The van der Waals surface area contributed by atoms with Gasteiger partial charge in [-0.15, -0.1) is 0 Å². The van der Waals surface area contributed by atoms with E-state index in [0.29, 0.717) is 5.56 Å². The molecule has 1 amide bonds. The Morgan fingerprint density at radius 1 is 1.26 bits per heavy atom. The van der Waals surface area contributed by atoms with Crippen LogP contribution in [-0.2, 0) is 21.2 Å². The highest BCUT2D eigenvalue weighted by Gasteiger charge is 2.11. The Hall–Kier alpha value is -2.45. The summed E-state index contributed by atoms with van der Waals surface area (Å²) in [6.45, 7) is 0. The van der Waals surface area contributed by atoms with Crippen LogP contribution >= 0.6 is 0 Å². The summed E-state index contributed by atoms with van der Waals surface area (Å²) in [7, 11) is -2.50. The molecule has 0 fully saturated rings. The van der Waals surface area contributed by atoms with Crippen LogP contribution in [0.25, 0.3) is 0 Å². The van der Waals surface area contributed by atoms with Gasteiger partial charge in [0.1, 0.15) is 0 Å². The number of sulfonamides is 1. The van der Waals surface area contributed by atoms with Crippen molar-refractivity contribution in [1.29, 1.82) is 0 Å². The van der Waals surface area contributed by atoms with Gasteiger partial charge in [0.05, 0.1) is 18.4 Å². The van der Waals surface area contributed by atoms with Crippen molar-refractivity contribution < 1.29 is 22.3 Å².